The van der Waals surface area contributed by atoms with Gasteiger partial charge in [0.05, 0.1) is 17.2 Å². The average Bonchev–Trinajstić information content (AvgIpc) is 2.86. The molecule has 0 amide bonds. The normalized spacial score (nSPS) is 19.8. The first-order chi connectivity index (χ1) is 9.14. The smallest absolute Gasteiger partial charge is 0.155 e. The lowest BCUT2D eigenvalue weighted by molar-refractivity contribution is 0.458. The second-order valence-electron chi connectivity index (χ2n) is 4.85. The molecule has 6 nitrogen and oxygen atoms in total. The molecule has 0 saturated carbocycles. The molecule has 1 N–H and O–H groups in total. The summed E-state index contributed by atoms with van der Waals surface area (Å²) in [7, 11) is -2.79. The topological polar surface area (TPSA) is 76.4 Å². The first kappa shape index (κ1) is 12.6. The van der Waals surface area contributed by atoms with Crippen LogP contribution in [0.3, 0.4) is 0 Å². The van der Waals surface area contributed by atoms with Crippen LogP contribution in [0, 0.1) is 0 Å². The highest BCUT2D eigenvalue weighted by Crippen LogP contribution is 2.13. The van der Waals surface area contributed by atoms with Gasteiger partial charge in [-0.3, -0.25) is 0 Å². The molecule has 0 bridgehead atoms. The number of hydrogen-bond acceptors (Lipinski definition) is 5. The van der Waals surface area contributed by atoms with Crippen LogP contribution in [0.5, 0.6) is 0 Å². The fraction of sp³-hybridized carbons (Fsp3) is 0.500. The Balaban J connectivity index is 1.65. The van der Waals surface area contributed by atoms with Crippen molar-refractivity contribution in [1.82, 2.24) is 19.9 Å². The maximum Gasteiger partial charge on any atom is 0.155 e. The Bertz CT molecular complexity index is 666. The van der Waals surface area contributed by atoms with Gasteiger partial charge in [0, 0.05) is 12.6 Å². The van der Waals surface area contributed by atoms with Crippen LogP contribution in [0.1, 0.15) is 18.5 Å². The van der Waals surface area contributed by atoms with Crippen molar-refractivity contribution in [1.29, 1.82) is 0 Å². The van der Waals surface area contributed by atoms with E-state index in [1.165, 1.54) is 6.33 Å². The van der Waals surface area contributed by atoms with Crippen LogP contribution in [0.25, 0.3) is 5.65 Å². The molecule has 2 aromatic heterocycles. The van der Waals surface area contributed by atoms with E-state index >= 15 is 0 Å². The van der Waals surface area contributed by atoms with E-state index in [9.17, 15) is 8.42 Å². The molecule has 1 aliphatic heterocycles. The Morgan fingerprint density at radius 2 is 2.11 bits per heavy atom. The standard InChI is InChI=1S/C12H16N4O2S/c17-19(18)6-4-10(5-7-19)13-8-11-2-1-3-12-14-9-15-16(11)12/h1-3,9-10,13H,4-8H2. The van der Waals surface area contributed by atoms with Crippen LogP contribution in [0.4, 0.5) is 0 Å². The minimum Gasteiger partial charge on any atom is -0.308 e. The maximum absolute atomic E-state index is 11.4. The minimum atomic E-state index is -2.79. The highest BCUT2D eigenvalue weighted by molar-refractivity contribution is 7.91. The molecule has 0 atom stereocenters. The quantitative estimate of drug-likeness (QED) is 0.880. The Hall–Kier alpha value is -1.47. The van der Waals surface area contributed by atoms with Crippen molar-refractivity contribution in [3.05, 3.63) is 30.2 Å². The summed E-state index contributed by atoms with van der Waals surface area (Å²) in [4.78, 5) is 4.14. The minimum absolute atomic E-state index is 0.266. The number of hydrogen-bond donors (Lipinski definition) is 1. The molecule has 3 heterocycles. The summed E-state index contributed by atoms with van der Waals surface area (Å²) in [6.07, 6.45) is 2.91. The van der Waals surface area contributed by atoms with Crippen LogP contribution >= 0.6 is 0 Å². The Kier molecular flexibility index (Phi) is 3.24. The van der Waals surface area contributed by atoms with Crippen molar-refractivity contribution in [2.45, 2.75) is 25.4 Å². The number of sulfone groups is 1. The van der Waals surface area contributed by atoms with E-state index in [4.69, 9.17) is 0 Å². The third-order valence-corrected chi connectivity index (χ3v) is 5.22. The fourth-order valence-electron chi connectivity index (χ4n) is 2.38. The van der Waals surface area contributed by atoms with E-state index in [2.05, 4.69) is 15.4 Å². The zero-order chi connectivity index (χ0) is 13.3. The Morgan fingerprint density at radius 3 is 2.89 bits per heavy atom. The molecular weight excluding hydrogens is 264 g/mol. The van der Waals surface area contributed by atoms with Gasteiger partial charge in [0.1, 0.15) is 16.2 Å². The molecular formula is C12H16N4O2S. The lowest BCUT2D eigenvalue weighted by Gasteiger charge is -2.23. The van der Waals surface area contributed by atoms with Gasteiger partial charge >= 0.3 is 0 Å². The Labute approximate surface area is 111 Å². The van der Waals surface area contributed by atoms with Gasteiger partial charge in [-0.25, -0.2) is 17.9 Å². The van der Waals surface area contributed by atoms with E-state index in [1.54, 1.807) is 4.52 Å². The molecule has 0 radical (unpaired) electrons. The number of aromatic nitrogens is 3. The molecule has 3 rings (SSSR count). The zero-order valence-electron chi connectivity index (χ0n) is 10.5. The van der Waals surface area contributed by atoms with Crippen LogP contribution in [-0.4, -0.2) is 40.6 Å². The molecule has 1 saturated heterocycles. The molecule has 1 aliphatic rings. The van der Waals surface area contributed by atoms with Crippen molar-refractivity contribution < 1.29 is 8.42 Å². The lowest BCUT2D eigenvalue weighted by atomic mass is 10.1. The molecule has 7 heteroatoms. The van der Waals surface area contributed by atoms with Crippen molar-refractivity contribution >= 4 is 15.5 Å². The Morgan fingerprint density at radius 1 is 1.32 bits per heavy atom. The highest BCUT2D eigenvalue weighted by Gasteiger charge is 2.23. The van der Waals surface area contributed by atoms with Crippen LogP contribution in [0.2, 0.25) is 0 Å². The van der Waals surface area contributed by atoms with Crippen molar-refractivity contribution in [3.8, 4) is 0 Å². The zero-order valence-corrected chi connectivity index (χ0v) is 11.3. The summed E-state index contributed by atoms with van der Waals surface area (Å²) in [5.41, 5.74) is 1.86. The van der Waals surface area contributed by atoms with Crippen LogP contribution in [0.15, 0.2) is 24.5 Å². The first-order valence-electron chi connectivity index (χ1n) is 6.35. The van der Waals surface area contributed by atoms with Gasteiger partial charge in [-0.05, 0) is 25.0 Å². The summed E-state index contributed by atoms with van der Waals surface area (Å²) in [5, 5.41) is 7.58. The van der Waals surface area contributed by atoms with Crippen molar-refractivity contribution in [2.75, 3.05) is 11.5 Å². The molecule has 0 unspecified atom stereocenters. The van der Waals surface area contributed by atoms with E-state index in [-0.39, 0.29) is 17.5 Å². The van der Waals surface area contributed by atoms with Gasteiger partial charge in [-0.2, -0.15) is 5.10 Å². The second-order valence-corrected chi connectivity index (χ2v) is 7.16. The van der Waals surface area contributed by atoms with Gasteiger partial charge in [0.2, 0.25) is 0 Å². The number of fused-ring (bicyclic) bond motifs is 1. The largest absolute Gasteiger partial charge is 0.308 e. The van der Waals surface area contributed by atoms with Crippen LogP contribution in [-0.2, 0) is 16.4 Å². The van der Waals surface area contributed by atoms with Gasteiger partial charge < -0.3 is 5.32 Å². The first-order valence-corrected chi connectivity index (χ1v) is 8.18. The van der Waals surface area contributed by atoms with Crippen molar-refractivity contribution in [3.63, 3.8) is 0 Å². The molecule has 1 fully saturated rings. The van der Waals surface area contributed by atoms with Crippen molar-refractivity contribution in [2.24, 2.45) is 0 Å². The molecule has 0 aliphatic carbocycles. The van der Waals surface area contributed by atoms with Gasteiger partial charge in [0.25, 0.3) is 0 Å². The molecule has 2 aromatic rings. The predicted octanol–water partition coefficient (Wildman–Crippen LogP) is 0.396. The summed E-state index contributed by atoms with van der Waals surface area (Å²) < 4.78 is 24.5. The summed E-state index contributed by atoms with van der Waals surface area (Å²) >= 11 is 0. The third-order valence-electron chi connectivity index (χ3n) is 3.51. The number of pyridine rings is 1. The third kappa shape index (κ3) is 2.76. The van der Waals surface area contributed by atoms with E-state index < -0.39 is 9.84 Å². The lowest BCUT2D eigenvalue weighted by Crippen LogP contribution is -2.37. The predicted molar refractivity (Wildman–Crippen MR) is 71.5 cm³/mol. The molecule has 0 aromatic carbocycles. The van der Waals surface area contributed by atoms with E-state index in [0.717, 1.165) is 11.3 Å². The van der Waals surface area contributed by atoms with Crippen LogP contribution < -0.4 is 5.32 Å². The van der Waals surface area contributed by atoms with Gasteiger partial charge in [-0.15, -0.1) is 0 Å². The van der Waals surface area contributed by atoms with Gasteiger partial charge in [0.15, 0.2) is 5.65 Å². The summed E-state index contributed by atoms with van der Waals surface area (Å²) in [6, 6.07) is 6.12. The van der Waals surface area contributed by atoms with E-state index in [1.807, 2.05) is 18.2 Å². The number of nitrogens with one attached hydrogen (secondary N) is 1. The number of rotatable bonds is 3. The SMILES string of the molecule is O=S1(=O)CCC(NCc2cccc3ncnn23)CC1. The van der Waals surface area contributed by atoms with Gasteiger partial charge in [-0.1, -0.05) is 6.07 Å². The molecule has 0 spiro atoms. The van der Waals surface area contributed by atoms with E-state index in [0.29, 0.717) is 19.4 Å². The molecule has 102 valence electrons. The second kappa shape index (κ2) is 4.90. The summed E-state index contributed by atoms with van der Waals surface area (Å²) in [5.74, 6) is 0.580. The molecule has 19 heavy (non-hydrogen) atoms. The average molecular weight is 280 g/mol. The number of nitrogens with zero attached hydrogens (tertiary/aromatic N) is 3. The maximum atomic E-state index is 11.4. The highest BCUT2D eigenvalue weighted by atomic mass is 32.2. The monoisotopic (exact) mass is 280 g/mol. The fourth-order valence-corrected chi connectivity index (χ4v) is 3.87. The summed E-state index contributed by atoms with van der Waals surface area (Å²) in [6.45, 7) is 0.672.